The monoisotopic (exact) mass is 288 g/mol. The van der Waals surface area contributed by atoms with Gasteiger partial charge in [-0.3, -0.25) is 4.79 Å². The van der Waals surface area contributed by atoms with Crippen LogP contribution in [0.25, 0.3) is 0 Å². The highest BCUT2D eigenvalue weighted by molar-refractivity contribution is 6.05. The SMILES string of the molecule is COC(=O)c1cccc2c1NCC1(CCCCC1)C(=O)N2. The number of esters is 1. The minimum absolute atomic E-state index is 0.0652. The zero-order valence-corrected chi connectivity index (χ0v) is 12.2. The number of rotatable bonds is 1. The Morgan fingerprint density at radius 2 is 2.00 bits per heavy atom. The molecule has 112 valence electrons. The first-order valence-electron chi connectivity index (χ1n) is 7.43. The summed E-state index contributed by atoms with van der Waals surface area (Å²) >= 11 is 0. The molecule has 0 unspecified atom stereocenters. The molecule has 3 rings (SSSR count). The highest BCUT2D eigenvalue weighted by Gasteiger charge is 2.41. The molecule has 1 saturated carbocycles. The Labute approximate surface area is 124 Å². The van der Waals surface area contributed by atoms with Crippen molar-refractivity contribution in [2.45, 2.75) is 32.1 Å². The van der Waals surface area contributed by atoms with Crippen LogP contribution in [0, 0.1) is 5.41 Å². The highest BCUT2D eigenvalue weighted by Crippen LogP contribution is 2.41. The second-order valence-electron chi connectivity index (χ2n) is 5.87. The van der Waals surface area contributed by atoms with Crippen LogP contribution in [0.1, 0.15) is 42.5 Å². The van der Waals surface area contributed by atoms with Crippen molar-refractivity contribution in [1.82, 2.24) is 0 Å². The van der Waals surface area contributed by atoms with E-state index >= 15 is 0 Å². The molecule has 0 aromatic heterocycles. The van der Waals surface area contributed by atoms with Crippen LogP contribution >= 0.6 is 0 Å². The minimum Gasteiger partial charge on any atom is -0.465 e. The number of carbonyl (C=O) groups excluding carboxylic acids is 2. The van der Waals surface area contributed by atoms with Crippen molar-refractivity contribution < 1.29 is 14.3 Å². The molecule has 0 saturated heterocycles. The Balaban J connectivity index is 1.96. The predicted molar refractivity (Wildman–Crippen MR) is 80.4 cm³/mol. The second-order valence-corrected chi connectivity index (χ2v) is 5.87. The molecule has 1 heterocycles. The molecule has 1 aliphatic heterocycles. The van der Waals surface area contributed by atoms with E-state index < -0.39 is 5.97 Å². The molecular formula is C16H20N2O3. The Morgan fingerprint density at radius 3 is 2.71 bits per heavy atom. The van der Waals surface area contributed by atoms with Gasteiger partial charge >= 0.3 is 5.97 Å². The molecule has 1 fully saturated rings. The molecular weight excluding hydrogens is 268 g/mol. The number of methoxy groups -OCH3 is 1. The number of para-hydroxylation sites is 1. The summed E-state index contributed by atoms with van der Waals surface area (Å²) in [5, 5.41) is 6.31. The number of anilines is 2. The van der Waals surface area contributed by atoms with Crippen LogP contribution in [0.2, 0.25) is 0 Å². The summed E-state index contributed by atoms with van der Waals surface area (Å²) in [5.41, 5.74) is 1.43. The van der Waals surface area contributed by atoms with Crippen molar-refractivity contribution in [2.75, 3.05) is 24.3 Å². The highest BCUT2D eigenvalue weighted by atomic mass is 16.5. The summed E-state index contributed by atoms with van der Waals surface area (Å²) in [6.07, 6.45) is 5.14. The van der Waals surface area contributed by atoms with E-state index in [-0.39, 0.29) is 11.3 Å². The van der Waals surface area contributed by atoms with Crippen LogP contribution in [0.5, 0.6) is 0 Å². The summed E-state index contributed by atoms with van der Waals surface area (Å²) in [5.74, 6) is -0.330. The van der Waals surface area contributed by atoms with Gasteiger partial charge in [-0.1, -0.05) is 25.3 Å². The first-order valence-corrected chi connectivity index (χ1v) is 7.43. The molecule has 2 N–H and O–H groups in total. The molecule has 5 heteroatoms. The molecule has 2 aliphatic rings. The average molecular weight is 288 g/mol. The topological polar surface area (TPSA) is 67.4 Å². The van der Waals surface area contributed by atoms with Gasteiger partial charge in [-0.2, -0.15) is 0 Å². The largest absolute Gasteiger partial charge is 0.465 e. The maximum absolute atomic E-state index is 12.6. The van der Waals surface area contributed by atoms with Gasteiger partial charge in [0, 0.05) is 6.54 Å². The summed E-state index contributed by atoms with van der Waals surface area (Å²) in [6, 6.07) is 5.28. The van der Waals surface area contributed by atoms with E-state index in [1.807, 2.05) is 6.07 Å². The van der Waals surface area contributed by atoms with E-state index in [9.17, 15) is 9.59 Å². The number of fused-ring (bicyclic) bond motifs is 1. The summed E-state index contributed by atoms with van der Waals surface area (Å²) < 4.78 is 4.82. The van der Waals surface area contributed by atoms with Gasteiger partial charge in [0.15, 0.2) is 0 Å². The lowest BCUT2D eigenvalue weighted by molar-refractivity contribution is -0.126. The van der Waals surface area contributed by atoms with Crippen LogP contribution in [0.4, 0.5) is 11.4 Å². The molecule has 0 atom stereocenters. The Hall–Kier alpha value is -2.04. The van der Waals surface area contributed by atoms with E-state index in [0.717, 1.165) is 25.7 Å². The van der Waals surface area contributed by atoms with Crippen LogP contribution in [-0.2, 0) is 9.53 Å². The first-order chi connectivity index (χ1) is 10.2. The molecule has 1 aliphatic carbocycles. The van der Waals surface area contributed by atoms with Crippen molar-refractivity contribution in [3.63, 3.8) is 0 Å². The second kappa shape index (κ2) is 5.39. The maximum atomic E-state index is 12.6. The van der Waals surface area contributed by atoms with E-state index in [2.05, 4.69) is 10.6 Å². The zero-order valence-electron chi connectivity index (χ0n) is 12.2. The number of nitrogens with one attached hydrogen (secondary N) is 2. The van der Waals surface area contributed by atoms with Crippen molar-refractivity contribution in [3.8, 4) is 0 Å². The zero-order chi connectivity index (χ0) is 14.9. The van der Waals surface area contributed by atoms with Gasteiger partial charge in [-0.25, -0.2) is 4.79 Å². The van der Waals surface area contributed by atoms with Gasteiger partial charge in [-0.15, -0.1) is 0 Å². The lowest BCUT2D eigenvalue weighted by Gasteiger charge is -2.34. The normalized spacial score (nSPS) is 20.0. The smallest absolute Gasteiger partial charge is 0.340 e. The van der Waals surface area contributed by atoms with Crippen LogP contribution in [-0.4, -0.2) is 25.5 Å². The molecule has 5 nitrogen and oxygen atoms in total. The molecule has 1 spiro atoms. The van der Waals surface area contributed by atoms with Crippen molar-refractivity contribution in [1.29, 1.82) is 0 Å². The van der Waals surface area contributed by atoms with Gasteiger partial charge < -0.3 is 15.4 Å². The average Bonchev–Trinajstić information content (AvgIpc) is 2.65. The van der Waals surface area contributed by atoms with Crippen LogP contribution < -0.4 is 10.6 Å². The third-order valence-corrected chi connectivity index (χ3v) is 4.61. The molecule has 1 aromatic rings. The Kier molecular flexibility index (Phi) is 3.57. The van der Waals surface area contributed by atoms with E-state index in [4.69, 9.17) is 4.74 Å². The lowest BCUT2D eigenvalue weighted by atomic mass is 9.73. The van der Waals surface area contributed by atoms with Gasteiger partial charge in [0.25, 0.3) is 0 Å². The number of benzene rings is 1. The molecule has 0 bridgehead atoms. The van der Waals surface area contributed by atoms with Crippen molar-refractivity contribution in [2.24, 2.45) is 5.41 Å². The number of amides is 1. The van der Waals surface area contributed by atoms with Crippen LogP contribution in [0.15, 0.2) is 18.2 Å². The quantitative estimate of drug-likeness (QED) is 0.780. The van der Waals surface area contributed by atoms with Gasteiger partial charge in [-0.05, 0) is 25.0 Å². The standard InChI is InChI=1S/C16H20N2O3/c1-21-14(19)11-6-5-7-12-13(11)17-10-16(15(20)18-12)8-3-2-4-9-16/h5-7,17H,2-4,8-10H2,1H3,(H,18,20). The number of hydrogen-bond acceptors (Lipinski definition) is 4. The molecule has 1 aromatic carbocycles. The fraction of sp³-hybridized carbons (Fsp3) is 0.500. The molecule has 21 heavy (non-hydrogen) atoms. The third kappa shape index (κ3) is 2.37. The van der Waals surface area contributed by atoms with E-state index in [0.29, 0.717) is 23.5 Å². The fourth-order valence-corrected chi connectivity index (χ4v) is 3.35. The lowest BCUT2D eigenvalue weighted by Crippen LogP contribution is -2.41. The van der Waals surface area contributed by atoms with Gasteiger partial charge in [0.05, 0.1) is 29.5 Å². The molecule has 1 amide bonds. The Morgan fingerprint density at radius 1 is 1.24 bits per heavy atom. The first kappa shape index (κ1) is 13.9. The minimum atomic E-state index is -0.395. The van der Waals surface area contributed by atoms with Gasteiger partial charge in [0.1, 0.15) is 0 Å². The van der Waals surface area contributed by atoms with Crippen molar-refractivity contribution >= 4 is 23.3 Å². The third-order valence-electron chi connectivity index (χ3n) is 4.61. The Bertz CT molecular complexity index is 577. The number of carbonyl (C=O) groups is 2. The summed E-state index contributed by atoms with van der Waals surface area (Å²) in [6.45, 7) is 0.569. The number of ether oxygens (including phenoxy) is 1. The number of hydrogen-bond donors (Lipinski definition) is 2. The maximum Gasteiger partial charge on any atom is 0.340 e. The van der Waals surface area contributed by atoms with Crippen molar-refractivity contribution in [3.05, 3.63) is 23.8 Å². The van der Waals surface area contributed by atoms with Crippen LogP contribution in [0.3, 0.4) is 0 Å². The summed E-state index contributed by atoms with van der Waals surface area (Å²) in [4.78, 5) is 24.5. The summed E-state index contributed by atoms with van der Waals surface area (Å²) in [7, 11) is 1.36. The fourth-order valence-electron chi connectivity index (χ4n) is 3.35. The van der Waals surface area contributed by atoms with E-state index in [1.165, 1.54) is 13.5 Å². The van der Waals surface area contributed by atoms with Gasteiger partial charge in [0.2, 0.25) is 5.91 Å². The molecule has 0 radical (unpaired) electrons. The van der Waals surface area contributed by atoms with E-state index in [1.54, 1.807) is 12.1 Å². The predicted octanol–water partition coefficient (Wildman–Crippen LogP) is 2.79.